The van der Waals surface area contributed by atoms with Crippen molar-refractivity contribution < 1.29 is 4.39 Å². The van der Waals surface area contributed by atoms with Gasteiger partial charge < -0.3 is 5.32 Å². The van der Waals surface area contributed by atoms with Crippen LogP contribution in [0, 0.1) is 5.82 Å². The molecule has 0 saturated heterocycles. The number of rotatable bonds is 1. The van der Waals surface area contributed by atoms with E-state index in [1.54, 1.807) is 0 Å². The highest BCUT2D eigenvalue weighted by atomic mass is 19.1. The Labute approximate surface area is 100 Å². The summed E-state index contributed by atoms with van der Waals surface area (Å²) in [6, 6.07) is 15.4. The fraction of sp³-hybridized carbons (Fsp3) is 0.200. The van der Waals surface area contributed by atoms with Crippen molar-refractivity contribution in [1.29, 1.82) is 0 Å². The van der Waals surface area contributed by atoms with Crippen LogP contribution in [0.1, 0.15) is 22.7 Å². The first kappa shape index (κ1) is 10.5. The number of benzene rings is 2. The largest absolute Gasteiger partial charge is 0.306 e. The summed E-state index contributed by atoms with van der Waals surface area (Å²) in [5.74, 6) is -0.183. The van der Waals surface area contributed by atoms with Gasteiger partial charge in [-0.2, -0.15) is 0 Å². The van der Waals surface area contributed by atoms with Crippen LogP contribution in [0.4, 0.5) is 4.39 Å². The van der Waals surface area contributed by atoms with Gasteiger partial charge >= 0.3 is 0 Å². The molecule has 86 valence electrons. The normalized spacial score (nSPS) is 18.8. The third-order valence-electron chi connectivity index (χ3n) is 3.31. The highest BCUT2D eigenvalue weighted by molar-refractivity contribution is 5.39. The first-order valence-electron chi connectivity index (χ1n) is 5.91. The van der Waals surface area contributed by atoms with Crippen molar-refractivity contribution in [2.75, 3.05) is 6.54 Å². The van der Waals surface area contributed by atoms with Crippen LogP contribution in [0.25, 0.3) is 0 Å². The quantitative estimate of drug-likeness (QED) is 0.789. The molecule has 0 spiro atoms. The summed E-state index contributed by atoms with van der Waals surface area (Å²) in [6.07, 6.45) is 1.06. The molecule has 3 rings (SSSR count). The molecule has 1 aliphatic heterocycles. The summed E-state index contributed by atoms with van der Waals surface area (Å²) in [7, 11) is 0. The van der Waals surface area contributed by atoms with Gasteiger partial charge in [-0.25, -0.2) is 4.39 Å². The second kappa shape index (κ2) is 4.30. The van der Waals surface area contributed by atoms with Gasteiger partial charge in [-0.1, -0.05) is 36.4 Å². The van der Waals surface area contributed by atoms with E-state index < -0.39 is 0 Å². The van der Waals surface area contributed by atoms with Crippen molar-refractivity contribution in [2.24, 2.45) is 0 Å². The molecule has 0 amide bonds. The molecule has 1 aliphatic rings. The van der Waals surface area contributed by atoms with E-state index in [4.69, 9.17) is 0 Å². The lowest BCUT2D eigenvalue weighted by Gasteiger charge is -2.27. The third kappa shape index (κ3) is 1.96. The Kier molecular flexibility index (Phi) is 2.65. The lowest BCUT2D eigenvalue weighted by atomic mass is 9.90. The van der Waals surface area contributed by atoms with Crippen LogP contribution < -0.4 is 5.32 Å². The molecular formula is C15H14FN. The molecule has 0 saturated carbocycles. The Morgan fingerprint density at radius 3 is 2.59 bits per heavy atom. The monoisotopic (exact) mass is 227 g/mol. The van der Waals surface area contributed by atoms with E-state index in [-0.39, 0.29) is 11.9 Å². The van der Waals surface area contributed by atoms with Gasteiger partial charge in [0.25, 0.3) is 0 Å². The summed E-state index contributed by atoms with van der Waals surface area (Å²) in [5, 5.41) is 3.49. The molecule has 1 nitrogen and oxygen atoms in total. The van der Waals surface area contributed by atoms with Crippen LogP contribution in [0.3, 0.4) is 0 Å². The van der Waals surface area contributed by atoms with Crippen molar-refractivity contribution in [1.82, 2.24) is 5.32 Å². The van der Waals surface area contributed by atoms with Gasteiger partial charge in [-0.3, -0.25) is 0 Å². The summed E-state index contributed by atoms with van der Waals surface area (Å²) < 4.78 is 12.9. The second-order valence-corrected chi connectivity index (χ2v) is 4.39. The molecule has 0 aromatic heterocycles. The van der Waals surface area contributed by atoms with Crippen LogP contribution >= 0.6 is 0 Å². The van der Waals surface area contributed by atoms with Gasteiger partial charge in [0.05, 0.1) is 6.04 Å². The first-order valence-corrected chi connectivity index (χ1v) is 5.91. The molecule has 0 bridgehead atoms. The number of fused-ring (bicyclic) bond motifs is 1. The van der Waals surface area contributed by atoms with E-state index in [1.807, 2.05) is 12.1 Å². The van der Waals surface area contributed by atoms with E-state index in [0.717, 1.165) is 18.5 Å². The van der Waals surface area contributed by atoms with Crippen molar-refractivity contribution in [3.63, 3.8) is 0 Å². The molecule has 17 heavy (non-hydrogen) atoms. The fourth-order valence-corrected chi connectivity index (χ4v) is 2.46. The molecule has 2 heteroatoms. The molecule has 2 aromatic rings. The standard InChI is InChI=1S/C15H14FN/c16-13-7-5-12(6-8-13)15-14-4-2-1-3-11(14)9-10-17-15/h1-8,15,17H,9-10H2. The van der Waals surface area contributed by atoms with Gasteiger partial charge in [0, 0.05) is 6.54 Å². The van der Waals surface area contributed by atoms with Crippen LogP contribution in [0.15, 0.2) is 48.5 Å². The predicted octanol–water partition coefficient (Wildman–Crippen LogP) is 3.06. The van der Waals surface area contributed by atoms with Crippen LogP contribution in [-0.4, -0.2) is 6.54 Å². The van der Waals surface area contributed by atoms with E-state index in [2.05, 4.69) is 29.6 Å². The first-order chi connectivity index (χ1) is 8.34. The molecule has 0 fully saturated rings. The molecule has 1 N–H and O–H groups in total. The van der Waals surface area contributed by atoms with Crippen LogP contribution in [-0.2, 0) is 6.42 Å². The number of hydrogen-bond donors (Lipinski definition) is 1. The maximum atomic E-state index is 12.9. The third-order valence-corrected chi connectivity index (χ3v) is 3.31. The predicted molar refractivity (Wildman–Crippen MR) is 66.4 cm³/mol. The number of halogens is 1. The molecule has 0 aliphatic carbocycles. The highest BCUT2D eigenvalue weighted by Gasteiger charge is 2.20. The van der Waals surface area contributed by atoms with Gasteiger partial charge in [0.15, 0.2) is 0 Å². The van der Waals surface area contributed by atoms with Gasteiger partial charge in [-0.05, 0) is 35.2 Å². The Balaban J connectivity index is 2.03. The summed E-state index contributed by atoms with van der Waals surface area (Å²) >= 11 is 0. The summed E-state index contributed by atoms with van der Waals surface area (Å²) in [4.78, 5) is 0. The zero-order valence-corrected chi connectivity index (χ0v) is 9.49. The topological polar surface area (TPSA) is 12.0 Å². The maximum absolute atomic E-state index is 12.9. The fourth-order valence-electron chi connectivity index (χ4n) is 2.46. The van der Waals surface area contributed by atoms with Gasteiger partial charge in [-0.15, -0.1) is 0 Å². The highest BCUT2D eigenvalue weighted by Crippen LogP contribution is 2.28. The Bertz CT molecular complexity index is 519. The number of hydrogen-bond acceptors (Lipinski definition) is 1. The van der Waals surface area contributed by atoms with E-state index >= 15 is 0 Å². The summed E-state index contributed by atoms with van der Waals surface area (Å²) in [5.41, 5.74) is 3.82. The van der Waals surface area contributed by atoms with Crippen molar-refractivity contribution in [3.05, 3.63) is 71.0 Å². The van der Waals surface area contributed by atoms with Crippen molar-refractivity contribution in [3.8, 4) is 0 Å². The van der Waals surface area contributed by atoms with E-state index in [1.165, 1.54) is 23.3 Å². The molecule has 0 radical (unpaired) electrons. The minimum Gasteiger partial charge on any atom is -0.306 e. The lowest BCUT2D eigenvalue weighted by Crippen LogP contribution is -2.30. The molecule has 1 atom stereocenters. The van der Waals surface area contributed by atoms with Crippen molar-refractivity contribution in [2.45, 2.75) is 12.5 Å². The average Bonchev–Trinajstić information content (AvgIpc) is 2.39. The molecular weight excluding hydrogens is 213 g/mol. The van der Waals surface area contributed by atoms with Gasteiger partial charge in [0.2, 0.25) is 0 Å². The zero-order chi connectivity index (χ0) is 11.7. The average molecular weight is 227 g/mol. The van der Waals surface area contributed by atoms with Crippen molar-refractivity contribution >= 4 is 0 Å². The molecule has 2 aromatic carbocycles. The minimum atomic E-state index is -0.183. The second-order valence-electron chi connectivity index (χ2n) is 4.39. The number of nitrogens with one attached hydrogen (secondary N) is 1. The van der Waals surface area contributed by atoms with E-state index in [0.29, 0.717) is 0 Å². The molecule has 1 heterocycles. The van der Waals surface area contributed by atoms with E-state index in [9.17, 15) is 4.39 Å². The van der Waals surface area contributed by atoms with Crippen LogP contribution in [0.2, 0.25) is 0 Å². The van der Waals surface area contributed by atoms with Crippen LogP contribution in [0.5, 0.6) is 0 Å². The minimum absolute atomic E-state index is 0.183. The molecule has 1 unspecified atom stereocenters. The Hall–Kier alpha value is -1.67. The Morgan fingerprint density at radius 2 is 1.76 bits per heavy atom. The summed E-state index contributed by atoms with van der Waals surface area (Å²) in [6.45, 7) is 0.971. The smallest absolute Gasteiger partial charge is 0.123 e. The lowest BCUT2D eigenvalue weighted by molar-refractivity contribution is 0.565. The zero-order valence-electron chi connectivity index (χ0n) is 9.49. The maximum Gasteiger partial charge on any atom is 0.123 e. The van der Waals surface area contributed by atoms with Gasteiger partial charge in [0.1, 0.15) is 5.82 Å². The Morgan fingerprint density at radius 1 is 1.00 bits per heavy atom. The SMILES string of the molecule is Fc1ccc(C2NCCc3ccccc32)cc1.